The number of nitrogens with one attached hydrogen (secondary N) is 1. The van der Waals surface area contributed by atoms with E-state index in [1.54, 1.807) is 24.3 Å². The smallest absolute Gasteiger partial charge is 0.244 e. The highest BCUT2D eigenvalue weighted by molar-refractivity contribution is 14.1. The lowest BCUT2D eigenvalue weighted by atomic mass is 10.1. The van der Waals surface area contributed by atoms with Gasteiger partial charge < -0.3 is 10.2 Å². The molecule has 186 valence electrons. The summed E-state index contributed by atoms with van der Waals surface area (Å²) in [6.07, 6.45) is 2.25. The first-order chi connectivity index (χ1) is 16.0. The van der Waals surface area contributed by atoms with Crippen molar-refractivity contribution in [2.45, 2.75) is 59.2 Å². The molecule has 0 radical (unpaired) electrons. The van der Waals surface area contributed by atoms with E-state index >= 15 is 0 Å². The topological polar surface area (TPSA) is 86.8 Å². The molecule has 0 aliphatic heterocycles. The van der Waals surface area contributed by atoms with Crippen molar-refractivity contribution < 1.29 is 18.0 Å². The standard InChI is InChI=1S/C25H34IN3O4S/c1-6-19(4)27-25(31)23(7-2)28(16-20-11-9-8-10-18(20)3)24(30)17-29(34(5,32)33)22-14-12-21(26)13-15-22/h8-15,19,23H,6-7,16-17H2,1-5H3,(H,27,31)/t19-,23-/m1/s1. The summed E-state index contributed by atoms with van der Waals surface area (Å²) in [6.45, 7) is 7.52. The van der Waals surface area contributed by atoms with Gasteiger partial charge in [0.15, 0.2) is 0 Å². The molecule has 0 aromatic heterocycles. The average molecular weight is 600 g/mol. The summed E-state index contributed by atoms with van der Waals surface area (Å²) in [5.74, 6) is -0.669. The number of carbonyl (C=O) groups is 2. The predicted molar refractivity (Wildman–Crippen MR) is 145 cm³/mol. The molecule has 0 saturated heterocycles. The fourth-order valence-electron chi connectivity index (χ4n) is 3.55. The Kier molecular flexibility index (Phi) is 10.4. The molecule has 1 N–H and O–H groups in total. The molecule has 2 aromatic carbocycles. The molecule has 2 aromatic rings. The van der Waals surface area contributed by atoms with Crippen molar-refractivity contribution >= 4 is 50.1 Å². The number of halogens is 1. The highest BCUT2D eigenvalue weighted by Gasteiger charge is 2.32. The van der Waals surface area contributed by atoms with E-state index in [2.05, 4.69) is 27.9 Å². The van der Waals surface area contributed by atoms with Gasteiger partial charge in [0.2, 0.25) is 21.8 Å². The summed E-state index contributed by atoms with van der Waals surface area (Å²) >= 11 is 2.14. The van der Waals surface area contributed by atoms with Crippen LogP contribution in [0.1, 0.15) is 44.7 Å². The Labute approximate surface area is 217 Å². The number of carbonyl (C=O) groups excluding carboxylic acids is 2. The van der Waals surface area contributed by atoms with Crippen molar-refractivity contribution in [2.24, 2.45) is 0 Å². The molecule has 0 saturated carbocycles. The zero-order chi connectivity index (χ0) is 25.5. The van der Waals surface area contributed by atoms with E-state index in [-0.39, 0.29) is 18.5 Å². The van der Waals surface area contributed by atoms with Gasteiger partial charge in [-0.2, -0.15) is 0 Å². The fourth-order valence-corrected chi connectivity index (χ4v) is 4.76. The second-order valence-electron chi connectivity index (χ2n) is 8.44. The Morgan fingerprint density at radius 1 is 1.03 bits per heavy atom. The first-order valence-corrected chi connectivity index (χ1v) is 14.3. The van der Waals surface area contributed by atoms with Crippen LogP contribution in [0.4, 0.5) is 5.69 Å². The van der Waals surface area contributed by atoms with Crippen LogP contribution < -0.4 is 9.62 Å². The Balaban J connectivity index is 2.44. The number of rotatable bonds is 11. The van der Waals surface area contributed by atoms with Crippen molar-refractivity contribution in [3.8, 4) is 0 Å². The van der Waals surface area contributed by atoms with Gasteiger partial charge in [-0.1, -0.05) is 38.1 Å². The highest BCUT2D eigenvalue weighted by atomic mass is 127. The van der Waals surface area contributed by atoms with Crippen molar-refractivity contribution in [1.82, 2.24) is 10.2 Å². The number of anilines is 1. The molecule has 2 atom stereocenters. The molecule has 0 aliphatic carbocycles. The van der Waals surface area contributed by atoms with E-state index in [0.29, 0.717) is 12.1 Å². The fraction of sp³-hybridized carbons (Fsp3) is 0.440. The molecule has 0 heterocycles. The van der Waals surface area contributed by atoms with Crippen molar-refractivity contribution in [2.75, 3.05) is 17.1 Å². The molecule has 0 fully saturated rings. The zero-order valence-corrected chi connectivity index (χ0v) is 23.4. The van der Waals surface area contributed by atoms with Gasteiger partial charge in [0.05, 0.1) is 11.9 Å². The lowest BCUT2D eigenvalue weighted by Gasteiger charge is -2.33. The van der Waals surface area contributed by atoms with Crippen LogP contribution >= 0.6 is 22.6 Å². The molecule has 0 spiro atoms. The van der Waals surface area contributed by atoms with E-state index < -0.39 is 28.5 Å². The van der Waals surface area contributed by atoms with Gasteiger partial charge in [0.1, 0.15) is 12.6 Å². The van der Waals surface area contributed by atoms with Crippen LogP contribution in [0.25, 0.3) is 0 Å². The van der Waals surface area contributed by atoms with Crippen LogP contribution in [0.5, 0.6) is 0 Å². The minimum atomic E-state index is -3.73. The van der Waals surface area contributed by atoms with Crippen molar-refractivity contribution in [3.63, 3.8) is 0 Å². The van der Waals surface area contributed by atoms with Gasteiger partial charge in [-0.15, -0.1) is 0 Å². The van der Waals surface area contributed by atoms with E-state index in [0.717, 1.165) is 31.7 Å². The van der Waals surface area contributed by atoms with Gasteiger partial charge >= 0.3 is 0 Å². The summed E-state index contributed by atoms with van der Waals surface area (Å²) in [5.41, 5.74) is 2.31. The number of nitrogens with zero attached hydrogens (tertiary/aromatic N) is 2. The number of hydrogen-bond acceptors (Lipinski definition) is 4. The summed E-state index contributed by atoms with van der Waals surface area (Å²) in [4.78, 5) is 28.3. The number of amides is 2. The first kappa shape index (κ1) is 28.1. The zero-order valence-electron chi connectivity index (χ0n) is 20.4. The quantitative estimate of drug-likeness (QED) is 0.395. The maximum absolute atomic E-state index is 13.7. The number of benzene rings is 2. The molecular weight excluding hydrogens is 565 g/mol. The lowest BCUT2D eigenvalue weighted by Crippen LogP contribution is -2.53. The summed E-state index contributed by atoms with van der Waals surface area (Å²) < 4.78 is 27.3. The lowest BCUT2D eigenvalue weighted by molar-refractivity contribution is -0.140. The van der Waals surface area contributed by atoms with Crippen molar-refractivity contribution in [3.05, 3.63) is 63.2 Å². The number of hydrogen-bond donors (Lipinski definition) is 1. The molecular formula is C25H34IN3O4S. The third kappa shape index (κ3) is 7.69. The molecule has 0 aliphatic rings. The van der Waals surface area contributed by atoms with Crippen LogP contribution in [0.3, 0.4) is 0 Å². The van der Waals surface area contributed by atoms with Gasteiger partial charge in [-0.25, -0.2) is 8.42 Å². The first-order valence-electron chi connectivity index (χ1n) is 11.4. The van der Waals surface area contributed by atoms with E-state index in [4.69, 9.17) is 0 Å². The third-order valence-electron chi connectivity index (χ3n) is 5.78. The Hall–Kier alpha value is -2.14. The van der Waals surface area contributed by atoms with Gasteiger partial charge in [0.25, 0.3) is 0 Å². The van der Waals surface area contributed by atoms with Crippen LogP contribution in [-0.2, 0) is 26.2 Å². The highest BCUT2D eigenvalue weighted by Crippen LogP contribution is 2.21. The molecule has 0 bridgehead atoms. The average Bonchev–Trinajstić information content (AvgIpc) is 2.78. The molecule has 2 amide bonds. The van der Waals surface area contributed by atoms with Crippen molar-refractivity contribution in [1.29, 1.82) is 0 Å². The van der Waals surface area contributed by atoms with Gasteiger partial charge in [-0.3, -0.25) is 13.9 Å². The predicted octanol–water partition coefficient (Wildman–Crippen LogP) is 4.09. The Bertz CT molecular complexity index is 1090. The summed E-state index contributed by atoms with van der Waals surface area (Å²) in [7, 11) is -3.73. The van der Waals surface area contributed by atoms with Crippen LogP contribution in [0.15, 0.2) is 48.5 Å². The normalized spacial score (nSPS) is 13.1. The minimum Gasteiger partial charge on any atom is -0.352 e. The van der Waals surface area contributed by atoms with Crippen LogP contribution in [-0.4, -0.2) is 50.0 Å². The summed E-state index contributed by atoms with van der Waals surface area (Å²) in [5, 5.41) is 2.97. The number of sulfonamides is 1. The second kappa shape index (κ2) is 12.5. The van der Waals surface area contributed by atoms with E-state index in [9.17, 15) is 18.0 Å². The molecule has 2 rings (SSSR count). The number of aryl methyl sites for hydroxylation is 1. The SMILES string of the molecule is CC[C@@H](C)NC(=O)[C@@H](CC)N(Cc1ccccc1C)C(=O)CN(c1ccc(I)cc1)S(C)(=O)=O. The largest absolute Gasteiger partial charge is 0.352 e. The Morgan fingerprint density at radius 3 is 2.18 bits per heavy atom. The van der Waals surface area contributed by atoms with Crippen LogP contribution in [0, 0.1) is 10.5 Å². The minimum absolute atomic E-state index is 0.0312. The Morgan fingerprint density at radius 2 is 1.65 bits per heavy atom. The molecule has 34 heavy (non-hydrogen) atoms. The van der Waals surface area contributed by atoms with Gasteiger partial charge in [-0.05, 0) is 84.7 Å². The molecule has 7 nitrogen and oxygen atoms in total. The summed E-state index contributed by atoms with van der Waals surface area (Å²) in [6, 6.07) is 13.9. The van der Waals surface area contributed by atoms with Crippen LogP contribution in [0.2, 0.25) is 0 Å². The maximum atomic E-state index is 13.7. The third-order valence-corrected chi connectivity index (χ3v) is 7.64. The molecule has 9 heteroatoms. The van der Waals surface area contributed by atoms with E-state index in [1.165, 1.54) is 4.90 Å². The molecule has 0 unspecified atom stereocenters. The monoisotopic (exact) mass is 599 g/mol. The van der Waals surface area contributed by atoms with Gasteiger partial charge in [0, 0.05) is 16.2 Å². The van der Waals surface area contributed by atoms with E-state index in [1.807, 2.05) is 52.0 Å². The maximum Gasteiger partial charge on any atom is 0.244 e. The second-order valence-corrected chi connectivity index (χ2v) is 11.6.